The number of methoxy groups -OCH3 is 1. The maximum absolute atomic E-state index is 12.1. The molecular formula is C18H17NO7. The van der Waals surface area contributed by atoms with Crippen LogP contribution in [0.5, 0.6) is 17.2 Å². The molecule has 0 spiro atoms. The van der Waals surface area contributed by atoms with Gasteiger partial charge in [0.05, 0.1) is 18.4 Å². The summed E-state index contributed by atoms with van der Waals surface area (Å²) in [6.07, 6.45) is 0. The summed E-state index contributed by atoms with van der Waals surface area (Å²) in [4.78, 5) is 34.4. The number of carboxylic acids is 1. The third kappa shape index (κ3) is 4.97. The number of aromatic carboxylic acids is 1. The molecule has 8 heteroatoms. The molecular weight excluding hydrogens is 342 g/mol. The molecule has 1 amide bonds. The third-order valence-corrected chi connectivity index (χ3v) is 3.18. The molecule has 2 rings (SSSR count). The number of esters is 1. The zero-order valence-electron chi connectivity index (χ0n) is 14.1. The van der Waals surface area contributed by atoms with Gasteiger partial charge in [0.25, 0.3) is 5.91 Å². The number of amides is 1. The predicted molar refractivity (Wildman–Crippen MR) is 91.8 cm³/mol. The summed E-state index contributed by atoms with van der Waals surface area (Å²) < 4.78 is 15.3. The second-order valence-corrected chi connectivity index (χ2v) is 5.09. The largest absolute Gasteiger partial charge is 0.493 e. The lowest BCUT2D eigenvalue weighted by molar-refractivity contribution is -0.131. The maximum Gasteiger partial charge on any atom is 0.337 e. The van der Waals surface area contributed by atoms with Gasteiger partial charge in [-0.3, -0.25) is 9.59 Å². The Bertz CT molecular complexity index is 832. The highest BCUT2D eigenvalue weighted by Gasteiger charge is 2.15. The lowest BCUT2D eigenvalue weighted by Crippen LogP contribution is -2.21. The molecule has 2 aromatic rings. The maximum atomic E-state index is 12.1. The number of benzene rings is 2. The molecule has 0 atom stereocenters. The predicted octanol–water partition coefficient (Wildman–Crippen LogP) is 2.34. The lowest BCUT2D eigenvalue weighted by Gasteiger charge is -2.12. The normalized spacial score (nSPS) is 9.92. The average molecular weight is 359 g/mol. The molecule has 0 fully saturated rings. The number of carboxylic acid groups (broad SMARTS) is 1. The van der Waals surface area contributed by atoms with Crippen LogP contribution in [0.4, 0.5) is 5.69 Å². The van der Waals surface area contributed by atoms with Gasteiger partial charge in [0.15, 0.2) is 18.1 Å². The monoisotopic (exact) mass is 359 g/mol. The fourth-order valence-electron chi connectivity index (χ4n) is 2.11. The fraction of sp³-hybridized carbons (Fsp3) is 0.167. The summed E-state index contributed by atoms with van der Waals surface area (Å²) in [6.45, 7) is 0.858. The number of nitrogens with one attached hydrogen (secondary N) is 1. The van der Waals surface area contributed by atoms with E-state index in [2.05, 4.69) is 5.32 Å². The zero-order chi connectivity index (χ0) is 19.1. The van der Waals surface area contributed by atoms with Crippen LogP contribution >= 0.6 is 0 Å². The standard InChI is InChI=1S/C18H17NO7/c1-11(20)26-12-7-8-14(13(9-12)18(22)23)19-17(21)10-25-16-6-4-3-5-15(16)24-2/h3-9H,10H2,1-2H3,(H,19,21)(H,22,23). The highest BCUT2D eigenvalue weighted by Crippen LogP contribution is 2.26. The number of para-hydroxylation sites is 2. The van der Waals surface area contributed by atoms with Crippen LogP contribution in [0.15, 0.2) is 42.5 Å². The molecule has 0 aliphatic carbocycles. The molecule has 0 radical (unpaired) electrons. The topological polar surface area (TPSA) is 111 Å². The van der Waals surface area contributed by atoms with Gasteiger partial charge in [-0.15, -0.1) is 0 Å². The van der Waals surface area contributed by atoms with Crippen LogP contribution in [0.25, 0.3) is 0 Å². The number of ether oxygens (including phenoxy) is 3. The number of rotatable bonds is 7. The molecule has 8 nitrogen and oxygen atoms in total. The number of carbonyl (C=O) groups excluding carboxylic acids is 2. The molecule has 2 N–H and O–H groups in total. The van der Waals surface area contributed by atoms with Crippen molar-refractivity contribution in [3.63, 3.8) is 0 Å². The molecule has 0 unspecified atom stereocenters. The summed E-state index contributed by atoms with van der Waals surface area (Å²) in [6, 6.07) is 10.7. The van der Waals surface area contributed by atoms with Crippen molar-refractivity contribution in [2.75, 3.05) is 19.0 Å². The van der Waals surface area contributed by atoms with Crippen LogP contribution in [0.1, 0.15) is 17.3 Å². The molecule has 0 bridgehead atoms. The van der Waals surface area contributed by atoms with Crippen molar-refractivity contribution in [1.29, 1.82) is 0 Å². The van der Waals surface area contributed by atoms with Gasteiger partial charge in [0, 0.05) is 6.92 Å². The SMILES string of the molecule is COc1ccccc1OCC(=O)Nc1ccc(OC(C)=O)cc1C(=O)O. The van der Waals surface area contributed by atoms with Gasteiger partial charge in [0.2, 0.25) is 0 Å². The van der Waals surface area contributed by atoms with Crippen molar-refractivity contribution >= 4 is 23.5 Å². The molecule has 136 valence electrons. The highest BCUT2D eigenvalue weighted by atomic mass is 16.5. The van der Waals surface area contributed by atoms with Gasteiger partial charge >= 0.3 is 11.9 Å². The van der Waals surface area contributed by atoms with Crippen LogP contribution in [0.2, 0.25) is 0 Å². The molecule has 26 heavy (non-hydrogen) atoms. The Balaban J connectivity index is 2.08. The van der Waals surface area contributed by atoms with Gasteiger partial charge in [-0.2, -0.15) is 0 Å². The number of carbonyl (C=O) groups is 3. The van der Waals surface area contributed by atoms with E-state index in [0.29, 0.717) is 11.5 Å². The minimum absolute atomic E-state index is 0.0574. The first kappa shape index (κ1) is 18.8. The first-order chi connectivity index (χ1) is 12.4. The van der Waals surface area contributed by atoms with E-state index in [4.69, 9.17) is 14.2 Å². The van der Waals surface area contributed by atoms with Gasteiger partial charge < -0.3 is 24.6 Å². The quantitative estimate of drug-likeness (QED) is 0.576. The smallest absolute Gasteiger partial charge is 0.337 e. The van der Waals surface area contributed by atoms with Crippen LogP contribution in [0, 0.1) is 0 Å². The third-order valence-electron chi connectivity index (χ3n) is 3.18. The Hall–Kier alpha value is -3.55. The summed E-state index contributed by atoms with van der Waals surface area (Å²) in [5.41, 5.74) is -0.156. The Morgan fingerprint density at radius 3 is 2.38 bits per heavy atom. The highest BCUT2D eigenvalue weighted by molar-refractivity contribution is 6.01. The van der Waals surface area contributed by atoms with Gasteiger partial charge in [-0.1, -0.05) is 12.1 Å². The summed E-state index contributed by atoms with van der Waals surface area (Å²) in [5, 5.41) is 11.7. The van der Waals surface area contributed by atoms with Gasteiger partial charge in [-0.05, 0) is 30.3 Å². The van der Waals surface area contributed by atoms with Crippen molar-refractivity contribution in [2.45, 2.75) is 6.92 Å². The molecule has 0 saturated heterocycles. The van der Waals surface area contributed by atoms with Crippen molar-refractivity contribution in [3.05, 3.63) is 48.0 Å². The minimum Gasteiger partial charge on any atom is -0.493 e. The zero-order valence-corrected chi connectivity index (χ0v) is 14.1. The second kappa shape index (κ2) is 8.52. The van der Waals surface area contributed by atoms with E-state index >= 15 is 0 Å². The van der Waals surface area contributed by atoms with E-state index in [-0.39, 0.29) is 23.6 Å². The molecule has 0 aliphatic rings. The number of anilines is 1. The Kier molecular flexibility index (Phi) is 6.15. The summed E-state index contributed by atoms with van der Waals surface area (Å²) >= 11 is 0. The van der Waals surface area contributed by atoms with Gasteiger partial charge in [-0.25, -0.2) is 4.79 Å². The van der Waals surface area contributed by atoms with E-state index in [1.165, 1.54) is 26.2 Å². The van der Waals surface area contributed by atoms with Crippen LogP contribution in [0.3, 0.4) is 0 Å². The number of hydrogen-bond acceptors (Lipinski definition) is 6. The van der Waals surface area contributed by atoms with E-state index in [1.807, 2.05) is 0 Å². The van der Waals surface area contributed by atoms with E-state index in [0.717, 1.165) is 6.07 Å². The van der Waals surface area contributed by atoms with Gasteiger partial charge in [0.1, 0.15) is 5.75 Å². The van der Waals surface area contributed by atoms with Crippen LogP contribution < -0.4 is 19.5 Å². The average Bonchev–Trinajstić information content (AvgIpc) is 2.60. The molecule has 2 aromatic carbocycles. The van der Waals surface area contributed by atoms with Crippen molar-refractivity contribution in [3.8, 4) is 17.2 Å². The van der Waals surface area contributed by atoms with Crippen molar-refractivity contribution < 1.29 is 33.7 Å². The Morgan fingerprint density at radius 1 is 1.08 bits per heavy atom. The molecule has 0 heterocycles. The molecule has 0 aliphatic heterocycles. The Labute approximate surface area is 149 Å². The first-order valence-electron chi connectivity index (χ1n) is 7.52. The van der Waals surface area contributed by atoms with Crippen LogP contribution in [-0.4, -0.2) is 36.7 Å². The van der Waals surface area contributed by atoms with Crippen molar-refractivity contribution in [2.24, 2.45) is 0 Å². The lowest BCUT2D eigenvalue weighted by atomic mass is 10.1. The van der Waals surface area contributed by atoms with E-state index in [9.17, 15) is 19.5 Å². The van der Waals surface area contributed by atoms with Crippen molar-refractivity contribution in [1.82, 2.24) is 0 Å². The second-order valence-electron chi connectivity index (χ2n) is 5.09. The minimum atomic E-state index is -1.28. The Morgan fingerprint density at radius 2 is 1.77 bits per heavy atom. The van der Waals surface area contributed by atoms with E-state index in [1.54, 1.807) is 24.3 Å². The molecule has 0 aromatic heterocycles. The van der Waals surface area contributed by atoms with Crippen LogP contribution in [-0.2, 0) is 9.59 Å². The summed E-state index contributed by atoms with van der Waals surface area (Å²) in [5.74, 6) is -1.49. The summed E-state index contributed by atoms with van der Waals surface area (Å²) in [7, 11) is 1.48. The fourth-order valence-corrected chi connectivity index (χ4v) is 2.11. The first-order valence-corrected chi connectivity index (χ1v) is 7.52. The number of hydrogen-bond donors (Lipinski definition) is 2. The molecule has 0 saturated carbocycles. The van der Waals surface area contributed by atoms with E-state index < -0.39 is 17.8 Å².